The largest absolute Gasteiger partial charge is 0.478 e. The lowest BCUT2D eigenvalue weighted by atomic mass is 10.1. The third-order valence-corrected chi connectivity index (χ3v) is 4.27. The van der Waals surface area contributed by atoms with E-state index in [-0.39, 0.29) is 10.5 Å². The van der Waals surface area contributed by atoms with Crippen LogP contribution in [0.1, 0.15) is 21.5 Å². The molecule has 0 heterocycles. The predicted octanol–water partition coefficient (Wildman–Crippen LogP) is 1.36. The van der Waals surface area contributed by atoms with E-state index in [0.717, 1.165) is 17.5 Å². The van der Waals surface area contributed by atoms with Crippen molar-refractivity contribution in [2.75, 3.05) is 6.54 Å². The first-order chi connectivity index (χ1) is 10.9. The summed E-state index contributed by atoms with van der Waals surface area (Å²) < 4.78 is 22.3. The van der Waals surface area contributed by atoms with Gasteiger partial charge in [-0.1, -0.05) is 24.3 Å². The van der Waals surface area contributed by atoms with Gasteiger partial charge in [0.15, 0.2) is 0 Å². The molecule has 0 aliphatic carbocycles. The maximum absolute atomic E-state index is 11.2. The van der Waals surface area contributed by atoms with Crippen LogP contribution in [0.2, 0.25) is 0 Å². The molecule has 0 fully saturated rings. The molecule has 0 unspecified atom stereocenters. The van der Waals surface area contributed by atoms with Crippen LogP contribution in [0.15, 0.2) is 53.4 Å². The predicted molar refractivity (Wildman–Crippen MR) is 86.6 cm³/mol. The van der Waals surface area contributed by atoms with E-state index in [1.807, 2.05) is 6.07 Å². The molecule has 4 N–H and O–H groups in total. The van der Waals surface area contributed by atoms with Crippen LogP contribution in [0.25, 0.3) is 0 Å². The molecule has 6 nitrogen and oxygen atoms in total. The molecule has 122 valence electrons. The molecule has 2 rings (SSSR count). The van der Waals surface area contributed by atoms with Crippen molar-refractivity contribution in [1.82, 2.24) is 5.32 Å². The molecular weight excluding hydrogens is 316 g/mol. The highest BCUT2D eigenvalue weighted by Gasteiger charge is 2.06. The SMILES string of the molecule is NS(=O)(=O)c1ccc(CCNCc2cccc(C(=O)O)c2)cc1. The molecule has 0 aliphatic heterocycles. The molecule has 0 radical (unpaired) electrons. The summed E-state index contributed by atoms with van der Waals surface area (Å²) in [5, 5.41) is 17.2. The van der Waals surface area contributed by atoms with Gasteiger partial charge in [0.05, 0.1) is 10.5 Å². The highest BCUT2D eigenvalue weighted by atomic mass is 32.2. The van der Waals surface area contributed by atoms with E-state index in [2.05, 4.69) is 5.32 Å². The number of sulfonamides is 1. The summed E-state index contributed by atoms with van der Waals surface area (Å²) in [4.78, 5) is 11.0. The van der Waals surface area contributed by atoms with Gasteiger partial charge in [-0.3, -0.25) is 0 Å². The second-order valence-electron chi connectivity index (χ2n) is 5.12. The summed E-state index contributed by atoms with van der Waals surface area (Å²) in [6.07, 6.45) is 0.726. The van der Waals surface area contributed by atoms with Gasteiger partial charge in [0.2, 0.25) is 10.0 Å². The van der Waals surface area contributed by atoms with Gasteiger partial charge in [-0.05, 0) is 48.4 Å². The third kappa shape index (κ3) is 5.17. The van der Waals surface area contributed by atoms with Gasteiger partial charge in [-0.15, -0.1) is 0 Å². The van der Waals surface area contributed by atoms with Gasteiger partial charge in [-0.25, -0.2) is 18.4 Å². The molecule has 0 bridgehead atoms. The second kappa shape index (κ2) is 7.36. The number of hydrogen-bond donors (Lipinski definition) is 3. The van der Waals surface area contributed by atoms with Crippen LogP contribution in [0, 0.1) is 0 Å². The maximum Gasteiger partial charge on any atom is 0.335 e. The topological polar surface area (TPSA) is 109 Å². The van der Waals surface area contributed by atoms with Crippen molar-refractivity contribution in [3.8, 4) is 0 Å². The Bertz CT molecular complexity index is 786. The summed E-state index contributed by atoms with van der Waals surface area (Å²) in [6, 6.07) is 13.2. The molecule has 2 aromatic carbocycles. The van der Waals surface area contributed by atoms with Crippen molar-refractivity contribution in [2.45, 2.75) is 17.9 Å². The van der Waals surface area contributed by atoms with Gasteiger partial charge < -0.3 is 10.4 Å². The van der Waals surface area contributed by atoms with E-state index in [9.17, 15) is 13.2 Å². The van der Waals surface area contributed by atoms with E-state index < -0.39 is 16.0 Å². The zero-order chi connectivity index (χ0) is 16.9. The Balaban J connectivity index is 1.84. The van der Waals surface area contributed by atoms with Crippen molar-refractivity contribution >= 4 is 16.0 Å². The minimum atomic E-state index is -3.66. The first-order valence-electron chi connectivity index (χ1n) is 7.01. The monoisotopic (exact) mass is 334 g/mol. The lowest BCUT2D eigenvalue weighted by molar-refractivity contribution is 0.0696. The van der Waals surface area contributed by atoms with Crippen LogP contribution in [0.4, 0.5) is 0 Å². The number of carboxylic acids is 1. The van der Waals surface area contributed by atoms with Crippen molar-refractivity contribution in [3.63, 3.8) is 0 Å². The summed E-state index contributed by atoms with van der Waals surface area (Å²) in [5.74, 6) is -0.943. The van der Waals surface area contributed by atoms with Gasteiger partial charge in [0, 0.05) is 6.54 Å². The maximum atomic E-state index is 11.2. The molecule has 2 aromatic rings. The van der Waals surface area contributed by atoms with Crippen molar-refractivity contribution < 1.29 is 18.3 Å². The molecule has 7 heteroatoms. The molecule has 0 aliphatic rings. The van der Waals surface area contributed by atoms with Crippen molar-refractivity contribution in [3.05, 3.63) is 65.2 Å². The second-order valence-corrected chi connectivity index (χ2v) is 6.68. The van der Waals surface area contributed by atoms with Crippen LogP contribution in [-0.2, 0) is 23.0 Å². The minimum absolute atomic E-state index is 0.0969. The quantitative estimate of drug-likeness (QED) is 0.662. The Kier molecular flexibility index (Phi) is 5.49. The number of benzene rings is 2. The Labute approximate surface area is 135 Å². The van der Waals surface area contributed by atoms with Crippen LogP contribution >= 0.6 is 0 Å². The molecule has 0 saturated heterocycles. The van der Waals surface area contributed by atoms with Crippen LogP contribution in [0.5, 0.6) is 0 Å². The fourth-order valence-corrected chi connectivity index (χ4v) is 2.64. The lowest BCUT2D eigenvalue weighted by Gasteiger charge is -2.06. The lowest BCUT2D eigenvalue weighted by Crippen LogP contribution is -2.17. The zero-order valence-electron chi connectivity index (χ0n) is 12.4. The normalized spacial score (nSPS) is 11.3. The molecule has 0 saturated carbocycles. The Morgan fingerprint density at radius 1 is 1.09 bits per heavy atom. The van der Waals surface area contributed by atoms with Crippen molar-refractivity contribution in [1.29, 1.82) is 0 Å². The summed E-state index contributed by atoms with van der Waals surface area (Å²) >= 11 is 0. The first-order valence-corrected chi connectivity index (χ1v) is 8.55. The van der Waals surface area contributed by atoms with E-state index in [4.69, 9.17) is 10.2 Å². The molecule has 0 aromatic heterocycles. The van der Waals surface area contributed by atoms with Crippen LogP contribution in [-0.4, -0.2) is 26.0 Å². The fraction of sp³-hybridized carbons (Fsp3) is 0.188. The average molecular weight is 334 g/mol. The minimum Gasteiger partial charge on any atom is -0.478 e. The Morgan fingerprint density at radius 2 is 1.78 bits per heavy atom. The van der Waals surface area contributed by atoms with E-state index >= 15 is 0 Å². The third-order valence-electron chi connectivity index (χ3n) is 3.35. The highest BCUT2D eigenvalue weighted by molar-refractivity contribution is 7.89. The van der Waals surface area contributed by atoms with E-state index in [0.29, 0.717) is 13.1 Å². The fourth-order valence-electron chi connectivity index (χ4n) is 2.13. The first kappa shape index (κ1) is 17.1. The molecule has 0 spiro atoms. The van der Waals surface area contributed by atoms with Crippen LogP contribution < -0.4 is 10.5 Å². The number of hydrogen-bond acceptors (Lipinski definition) is 4. The number of nitrogens with one attached hydrogen (secondary N) is 1. The van der Waals surface area contributed by atoms with E-state index in [1.54, 1.807) is 30.3 Å². The van der Waals surface area contributed by atoms with Crippen molar-refractivity contribution in [2.24, 2.45) is 5.14 Å². The number of carboxylic acid groups (broad SMARTS) is 1. The molecule has 0 amide bonds. The smallest absolute Gasteiger partial charge is 0.335 e. The summed E-state index contributed by atoms with van der Waals surface area (Å²) in [5.41, 5.74) is 2.15. The number of carbonyl (C=O) groups is 1. The van der Waals surface area contributed by atoms with Gasteiger partial charge in [0.25, 0.3) is 0 Å². The van der Waals surface area contributed by atoms with Gasteiger partial charge in [-0.2, -0.15) is 0 Å². The Hall–Kier alpha value is -2.22. The number of primary sulfonamides is 1. The number of aromatic carboxylic acids is 1. The summed E-state index contributed by atoms with van der Waals surface area (Å²) in [7, 11) is -3.66. The molecule has 23 heavy (non-hydrogen) atoms. The molecular formula is C16H18N2O4S. The Morgan fingerprint density at radius 3 is 2.39 bits per heavy atom. The number of nitrogens with two attached hydrogens (primary N) is 1. The zero-order valence-corrected chi connectivity index (χ0v) is 13.2. The number of rotatable bonds is 7. The van der Waals surface area contributed by atoms with Crippen LogP contribution in [0.3, 0.4) is 0 Å². The summed E-state index contributed by atoms with van der Waals surface area (Å²) in [6.45, 7) is 1.25. The molecule has 0 atom stereocenters. The highest BCUT2D eigenvalue weighted by Crippen LogP contribution is 2.09. The average Bonchev–Trinajstić information content (AvgIpc) is 2.51. The standard InChI is InChI=1S/C16H18N2O4S/c17-23(21,22)15-6-4-12(5-7-15)8-9-18-11-13-2-1-3-14(10-13)16(19)20/h1-7,10,18H,8-9,11H2,(H,19,20)(H2,17,21,22). The van der Waals surface area contributed by atoms with E-state index in [1.165, 1.54) is 12.1 Å². The van der Waals surface area contributed by atoms with Gasteiger partial charge >= 0.3 is 5.97 Å². The van der Waals surface area contributed by atoms with Gasteiger partial charge in [0.1, 0.15) is 0 Å².